The molecule has 0 aliphatic carbocycles. The van der Waals surface area contributed by atoms with Crippen LogP contribution in [0, 0.1) is 5.41 Å². The minimum Gasteiger partial charge on any atom is -0.166 e. The van der Waals surface area contributed by atoms with E-state index in [2.05, 4.69) is 5.41 Å². The van der Waals surface area contributed by atoms with E-state index in [4.69, 9.17) is 0 Å². The number of alkyl halides is 3. The predicted octanol–water partition coefficient (Wildman–Crippen LogP) is 2.63. The Balaban J connectivity index is 2.61. The molecule has 0 aromatic carbocycles. The maximum atomic E-state index is 11.6. The number of halogens is 3. The van der Waals surface area contributed by atoms with E-state index in [0.29, 0.717) is 0 Å². The second-order valence-corrected chi connectivity index (χ2v) is 3.53. The van der Waals surface area contributed by atoms with E-state index in [1.165, 1.54) is 0 Å². The van der Waals surface area contributed by atoms with E-state index >= 15 is 0 Å². The summed E-state index contributed by atoms with van der Waals surface area (Å²) in [6, 6.07) is 0. The first kappa shape index (κ1) is 7.34. The molecule has 0 atom stereocenters. The zero-order valence-electron chi connectivity index (χ0n) is 4.16. The highest BCUT2D eigenvalue weighted by molar-refractivity contribution is 8.77. The van der Waals surface area contributed by atoms with Gasteiger partial charge in [0.15, 0.2) is 0 Å². The van der Waals surface area contributed by atoms with Crippen molar-refractivity contribution in [3.05, 3.63) is 11.0 Å². The molecule has 1 aliphatic heterocycles. The average Bonchev–Trinajstić information content (AvgIpc) is 2.08. The molecule has 0 unspecified atom stereocenters. The molecule has 1 rings (SSSR count). The molecular weight excluding hydrogens is 169 g/mol. The molecule has 1 radical (unpaired) electrons. The quantitative estimate of drug-likeness (QED) is 0.514. The number of hydrogen-bond acceptors (Lipinski definition) is 2. The van der Waals surface area contributed by atoms with Crippen molar-refractivity contribution in [1.29, 1.82) is 0 Å². The summed E-state index contributed by atoms with van der Waals surface area (Å²) in [5.74, 6) is 0.0359. The van der Waals surface area contributed by atoms with Crippen molar-refractivity contribution in [2.24, 2.45) is 0 Å². The van der Waals surface area contributed by atoms with Crippen molar-refractivity contribution in [2.75, 3.05) is 5.75 Å². The maximum absolute atomic E-state index is 11.6. The van der Waals surface area contributed by atoms with Crippen molar-refractivity contribution < 1.29 is 13.2 Å². The van der Waals surface area contributed by atoms with Gasteiger partial charge in [0.2, 0.25) is 0 Å². The highest BCUT2D eigenvalue weighted by Crippen LogP contribution is 2.40. The zero-order chi connectivity index (χ0) is 6.91. The van der Waals surface area contributed by atoms with Gasteiger partial charge in [-0.25, -0.2) is 0 Å². The van der Waals surface area contributed by atoms with Crippen LogP contribution in [0.1, 0.15) is 0 Å². The molecule has 1 aliphatic rings. The third-order valence-corrected chi connectivity index (χ3v) is 2.58. The number of rotatable bonds is 0. The van der Waals surface area contributed by atoms with Crippen molar-refractivity contribution in [2.45, 2.75) is 6.18 Å². The van der Waals surface area contributed by atoms with Gasteiger partial charge >= 0.3 is 6.18 Å². The number of hydrogen-bond donors (Lipinski definition) is 0. The minimum atomic E-state index is -4.16. The van der Waals surface area contributed by atoms with E-state index in [-0.39, 0.29) is 5.75 Å². The Hall–Kier alpha value is 0.230. The van der Waals surface area contributed by atoms with Gasteiger partial charge in [-0.2, -0.15) is 13.2 Å². The van der Waals surface area contributed by atoms with Crippen LogP contribution < -0.4 is 0 Å². The Morgan fingerprint density at radius 3 is 2.33 bits per heavy atom. The third-order valence-electron chi connectivity index (χ3n) is 0.769. The molecule has 0 saturated carbocycles. The van der Waals surface area contributed by atoms with Crippen molar-refractivity contribution in [3.63, 3.8) is 0 Å². The summed E-state index contributed by atoms with van der Waals surface area (Å²) in [5.41, 5.74) is -0.544. The molecule has 51 valence electrons. The molecule has 0 aromatic heterocycles. The SMILES string of the molecule is FC(F)(F)C1=[C]SSC1. The largest absolute Gasteiger partial charge is 0.414 e. The molecule has 0 saturated heterocycles. The van der Waals surface area contributed by atoms with Gasteiger partial charge < -0.3 is 0 Å². The third kappa shape index (κ3) is 1.82. The highest BCUT2D eigenvalue weighted by Gasteiger charge is 2.35. The molecule has 0 N–H and O–H groups in total. The predicted molar refractivity (Wildman–Crippen MR) is 32.9 cm³/mol. The summed E-state index contributed by atoms with van der Waals surface area (Å²) in [5, 5.41) is 2.17. The van der Waals surface area contributed by atoms with Gasteiger partial charge in [0.05, 0.1) is 5.57 Å². The van der Waals surface area contributed by atoms with Gasteiger partial charge in [-0.05, 0) is 0 Å². The normalized spacial score (nSPS) is 20.1. The van der Waals surface area contributed by atoms with Gasteiger partial charge in [0, 0.05) is 11.2 Å². The summed E-state index contributed by atoms with van der Waals surface area (Å²) < 4.78 is 34.9. The summed E-state index contributed by atoms with van der Waals surface area (Å²) in [6.07, 6.45) is -4.16. The van der Waals surface area contributed by atoms with Gasteiger partial charge in [0.1, 0.15) is 0 Å². The summed E-state index contributed by atoms with van der Waals surface area (Å²) in [6.45, 7) is 0. The first-order valence-electron chi connectivity index (χ1n) is 2.08. The van der Waals surface area contributed by atoms with Gasteiger partial charge in [-0.15, -0.1) is 0 Å². The van der Waals surface area contributed by atoms with Gasteiger partial charge in [-0.1, -0.05) is 21.6 Å². The summed E-state index contributed by atoms with van der Waals surface area (Å²) in [7, 11) is 2.18. The van der Waals surface area contributed by atoms with E-state index in [1.54, 1.807) is 0 Å². The van der Waals surface area contributed by atoms with Crippen molar-refractivity contribution >= 4 is 21.6 Å². The summed E-state index contributed by atoms with van der Waals surface area (Å²) >= 11 is 0. The Bertz CT molecular complexity index is 137. The van der Waals surface area contributed by atoms with Crippen LogP contribution in [0.4, 0.5) is 13.2 Å². The van der Waals surface area contributed by atoms with Crippen LogP contribution in [0.25, 0.3) is 0 Å². The van der Waals surface area contributed by atoms with Crippen LogP contribution in [-0.2, 0) is 0 Å². The first-order chi connectivity index (χ1) is 4.11. The second kappa shape index (κ2) is 2.46. The highest BCUT2D eigenvalue weighted by atomic mass is 33.1. The van der Waals surface area contributed by atoms with Crippen LogP contribution in [0.5, 0.6) is 0 Å². The summed E-state index contributed by atoms with van der Waals surface area (Å²) in [4.78, 5) is 0. The second-order valence-electron chi connectivity index (χ2n) is 1.42. The smallest absolute Gasteiger partial charge is 0.166 e. The molecule has 0 spiro atoms. The molecule has 1 heterocycles. The standard InChI is InChI=1S/C4H2F3S2/c5-4(6,7)3-1-8-9-2-3/h1H2. The Labute approximate surface area is 58.3 Å². The fraction of sp³-hybridized carbons (Fsp3) is 0.500. The van der Waals surface area contributed by atoms with Crippen LogP contribution >= 0.6 is 21.6 Å². The molecule has 5 heteroatoms. The van der Waals surface area contributed by atoms with E-state index in [0.717, 1.165) is 21.6 Å². The topological polar surface area (TPSA) is 0 Å². The minimum absolute atomic E-state index is 0.0359. The zero-order valence-corrected chi connectivity index (χ0v) is 5.79. The molecular formula is C4H2F3S2. The van der Waals surface area contributed by atoms with Crippen LogP contribution in [0.15, 0.2) is 5.57 Å². The Kier molecular flexibility index (Phi) is 2.00. The lowest BCUT2D eigenvalue weighted by atomic mass is 10.3. The first-order valence-corrected chi connectivity index (χ1v) is 4.40. The molecule has 0 amide bonds. The van der Waals surface area contributed by atoms with E-state index in [1.807, 2.05) is 0 Å². The molecule has 0 nitrogen and oxygen atoms in total. The maximum Gasteiger partial charge on any atom is 0.414 e. The van der Waals surface area contributed by atoms with Crippen molar-refractivity contribution in [1.82, 2.24) is 0 Å². The average molecular weight is 171 g/mol. The van der Waals surface area contributed by atoms with E-state index in [9.17, 15) is 13.2 Å². The molecule has 0 bridgehead atoms. The van der Waals surface area contributed by atoms with Crippen LogP contribution in [-0.4, -0.2) is 11.9 Å². The van der Waals surface area contributed by atoms with Crippen LogP contribution in [0.2, 0.25) is 0 Å². The lowest BCUT2D eigenvalue weighted by Gasteiger charge is -2.03. The van der Waals surface area contributed by atoms with E-state index < -0.39 is 11.7 Å². The monoisotopic (exact) mass is 171 g/mol. The van der Waals surface area contributed by atoms with Crippen LogP contribution in [0.3, 0.4) is 0 Å². The van der Waals surface area contributed by atoms with Gasteiger partial charge in [-0.3, -0.25) is 0 Å². The lowest BCUT2D eigenvalue weighted by Crippen LogP contribution is -2.11. The molecule has 0 aromatic rings. The Morgan fingerprint density at radius 2 is 2.11 bits per heavy atom. The fourth-order valence-corrected chi connectivity index (χ4v) is 2.20. The lowest BCUT2D eigenvalue weighted by molar-refractivity contribution is -0.0908. The Morgan fingerprint density at radius 1 is 1.44 bits per heavy atom. The fourth-order valence-electron chi connectivity index (χ4n) is 0.337. The van der Waals surface area contributed by atoms with Crippen molar-refractivity contribution in [3.8, 4) is 0 Å². The molecule has 0 fully saturated rings. The molecule has 9 heavy (non-hydrogen) atoms. The van der Waals surface area contributed by atoms with Gasteiger partial charge in [0.25, 0.3) is 0 Å².